The molecule has 0 spiro atoms. The number of rotatable bonds is 9. The molecule has 35 heavy (non-hydrogen) atoms. The minimum absolute atomic E-state index is 0.116. The molecular formula is C27H32N4O4. The lowest BCUT2D eigenvalue weighted by Gasteiger charge is -2.31. The predicted molar refractivity (Wildman–Crippen MR) is 133 cm³/mol. The Hall–Kier alpha value is -3.94. The van der Waals surface area contributed by atoms with Gasteiger partial charge < -0.3 is 19.9 Å². The number of likely N-dealkylation sites (N-methyl/N-ethyl adjacent to an activating group) is 1. The van der Waals surface area contributed by atoms with Gasteiger partial charge in [0.15, 0.2) is 0 Å². The van der Waals surface area contributed by atoms with Crippen molar-refractivity contribution >= 4 is 17.8 Å². The largest absolute Gasteiger partial charge is 0.461 e. The monoisotopic (exact) mass is 476 g/mol. The molecule has 0 unspecified atom stereocenters. The molecule has 8 nitrogen and oxygen atoms in total. The van der Waals surface area contributed by atoms with E-state index in [0.717, 1.165) is 16.7 Å². The van der Waals surface area contributed by atoms with Crippen molar-refractivity contribution in [3.63, 3.8) is 0 Å². The second-order valence-corrected chi connectivity index (χ2v) is 9.37. The summed E-state index contributed by atoms with van der Waals surface area (Å²) in [4.78, 5) is 42.7. The van der Waals surface area contributed by atoms with Gasteiger partial charge in [-0.15, -0.1) is 0 Å². The quantitative estimate of drug-likeness (QED) is 0.460. The molecule has 2 atom stereocenters. The number of hydrogen-bond acceptors (Lipinski definition) is 5. The zero-order chi connectivity index (χ0) is 25.4. The van der Waals surface area contributed by atoms with Gasteiger partial charge in [0, 0.05) is 31.8 Å². The number of benzene rings is 1. The molecule has 0 aliphatic carbocycles. The number of amides is 2. The van der Waals surface area contributed by atoms with Crippen molar-refractivity contribution in [2.75, 3.05) is 7.05 Å². The number of nitrogens with one attached hydrogen (secondary N) is 2. The number of carbonyl (C=O) groups excluding carboxylic acids is 3. The minimum atomic E-state index is -0.900. The number of esters is 1. The van der Waals surface area contributed by atoms with Crippen molar-refractivity contribution in [3.05, 3.63) is 78.9 Å². The van der Waals surface area contributed by atoms with E-state index in [-0.39, 0.29) is 18.9 Å². The standard InChI is InChI=1S/C27H32N4O4/c1-27(2,3)24(26(34)28-4)30-25(33)22(16-23(32)35-18-19-8-6-5-7-9-19)31-15-12-21(17-31)20-10-13-29-14-11-20/h5-15,17,22,24H,16,18H2,1-4H3,(H,28,34)(H,30,33)/t22-,24-/m1/s1. The number of hydrogen-bond donors (Lipinski definition) is 2. The van der Waals surface area contributed by atoms with E-state index in [1.165, 1.54) is 7.05 Å². The van der Waals surface area contributed by atoms with E-state index in [1.807, 2.05) is 69.3 Å². The highest BCUT2D eigenvalue weighted by atomic mass is 16.5. The highest BCUT2D eigenvalue weighted by molar-refractivity contribution is 5.91. The summed E-state index contributed by atoms with van der Waals surface area (Å²) in [5.74, 6) is -1.26. The fraction of sp³-hybridized carbons (Fsp3) is 0.333. The first-order valence-corrected chi connectivity index (χ1v) is 11.5. The molecular weight excluding hydrogens is 444 g/mol. The van der Waals surface area contributed by atoms with Gasteiger partial charge in [-0.05, 0) is 40.3 Å². The van der Waals surface area contributed by atoms with E-state index in [4.69, 9.17) is 4.74 Å². The summed E-state index contributed by atoms with van der Waals surface area (Å²) in [6, 6.07) is 13.3. The van der Waals surface area contributed by atoms with Crippen LogP contribution in [-0.2, 0) is 25.7 Å². The number of carbonyl (C=O) groups is 3. The van der Waals surface area contributed by atoms with Gasteiger partial charge in [0.25, 0.3) is 0 Å². The maximum absolute atomic E-state index is 13.4. The van der Waals surface area contributed by atoms with E-state index in [1.54, 1.807) is 29.4 Å². The average molecular weight is 477 g/mol. The lowest BCUT2D eigenvalue weighted by atomic mass is 9.86. The van der Waals surface area contributed by atoms with E-state index < -0.39 is 29.4 Å². The van der Waals surface area contributed by atoms with Gasteiger partial charge in [-0.2, -0.15) is 0 Å². The number of ether oxygens (including phenoxy) is 1. The van der Waals surface area contributed by atoms with Gasteiger partial charge >= 0.3 is 5.97 Å². The van der Waals surface area contributed by atoms with Gasteiger partial charge in [-0.25, -0.2) is 0 Å². The molecule has 3 rings (SSSR count). The van der Waals surface area contributed by atoms with Crippen LogP contribution in [0.1, 0.15) is 38.8 Å². The van der Waals surface area contributed by atoms with Crippen LogP contribution in [0.2, 0.25) is 0 Å². The van der Waals surface area contributed by atoms with Gasteiger partial charge in [-0.1, -0.05) is 51.1 Å². The summed E-state index contributed by atoms with van der Waals surface area (Å²) in [6.45, 7) is 5.72. The maximum atomic E-state index is 13.4. The first kappa shape index (κ1) is 25.7. The second kappa shape index (κ2) is 11.5. The van der Waals surface area contributed by atoms with E-state index in [2.05, 4.69) is 15.6 Å². The Balaban J connectivity index is 1.83. The lowest BCUT2D eigenvalue weighted by Crippen LogP contribution is -2.54. The summed E-state index contributed by atoms with van der Waals surface area (Å²) in [5, 5.41) is 5.45. The van der Waals surface area contributed by atoms with E-state index >= 15 is 0 Å². The van der Waals surface area contributed by atoms with Crippen molar-refractivity contribution in [2.24, 2.45) is 5.41 Å². The summed E-state index contributed by atoms with van der Waals surface area (Å²) in [7, 11) is 1.53. The molecule has 2 aromatic heterocycles. The number of nitrogens with zero attached hydrogens (tertiary/aromatic N) is 2. The second-order valence-electron chi connectivity index (χ2n) is 9.37. The third kappa shape index (κ3) is 7.02. The van der Waals surface area contributed by atoms with Gasteiger partial charge in [-0.3, -0.25) is 19.4 Å². The Labute approximate surface area is 205 Å². The topological polar surface area (TPSA) is 102 Å². The zero-order valence-electron chi connectivity index (χ0n) is 20.5. The Morgan fingerprint density at radius 2 is 1.66 bits per heavy atom. The van der Waals surface area contributed by atoms with Crippen LogP contribution in [0.15, 0.2) is 73.3 Å². The number of pyridine rings is 1. The highest BCUT2D eigenvalue weighted by Crippen LogP contribution is 2.25. The molecule has 0 saturated carbocycles. The molecule has 2 N–H and O–H groups in total. The highest BCUT2D eigenvalue weighted by Gasteiger charge is 2.35. The lowest BCUT2D eigenvalue weighted by molar-refractivity contribution is -0.148. The van der Waals surface area contributed by atoms with E-state index in [9.17, 15) is 14.4 Å². The molecule has 2 heterocycles. The minimum Gasteiger partial charge on any atom is -0.461 e. The van der Waals surface area contributed by atoms with Crippen LogP contribution in [-0.4, -0.2) is 40.4 Å². The molecule has 3 aromatic rings. The summed E-state index contributed by atoms with van der Waals surface area (Å²) in [6.07, 6.45) is 6.74. The average Bonchev–Trinajstić information content (AvgIpc) is 3.34. The molecule has 0 bridgehead atoms. The zero-order valence-corrected chi connectivity index (χ0v) is 20.5. The van der Waals surface area contributed by atoms with Crippen molar-refractivity contribution in [1.29, 1.82) is 0 Å². The molecule has 0 radical (unpaired) electrons. The van der Waals surface area contributed by atoms with Crippen LogP contribution in [0.5, 0.6) is 0 Å². The molecule has 1 aromatic carbocycles. The molecule has 2 amide bonds. The van der Waals surface area contributed by atoms with Gasteiger partial charge in [0.05, 0.1) is 6.42 Å². The first-order valence-electron chi connectivity index (χ1n) is 11.5. The fourth-order valence-electron chi connectivity index (χ4n) is 3.67. The SMILES string of the molecule is CNC(=O)[C@@H](NC(=O)[C@@H](CC(=O)OCc1ccccc1)n1ccc(-c2ccncc2)c1)C(C)(C)C. The fourth-order valence-corrected chi connectivity index (χ4v) is 3.67. The van der Waals surface area contributed by atoms with Crippen molar-refractivity contribution in [3.8, 4) is 11.1 Å². The molecule has 0 fully saturated rings. The molecule has 0 saturated heterocycles. The van der Waals surface area contributed by atoms with Crippen molar-refractivity contribution < 1.29 is 19.1 Å². The van der Waals surface area contributed by atoms with Crippen LogP contribution >= 0.6 is 0 Å². The molecule has 8 heteroatoms. The van der Waals surface area contributed by atoms with Crippen LogP contribution in [0.25, 0.3) is 11.1 Å². The van der Waals surface area contributed by atoms with Crippen molar-refractivity contribution in [1.82, 2.24) is 20.2 Å². The Morgan fingerprint density at radius 1 is 0.971 bits per heavy atom. The smallest absolute Gasteiger partial charge is 0.308 e. The molecule has 0 aliphatic rings. The maximum Gasteiger partial charge on any atom is 0.308 e. The number of aromatic nitrogens is 2. The summed E-state index contributed by atoms with van der Waals surface area (Å²) in [5.41, 5.74) is 2.13. The van der Waals surface area contributed by atoms with Crippen LogP contribution in [0.3, 0.4) is 0 Å². The Morgan fingerprint density at radius 3 is 2.29 bits per heavy atom. The van der Waals surface area contributed by atoms with Gasteiger partial charge in [0.1, 0.15) is 18.7 Å². The molecule has 0 aliphatic heterocycles. The van der Waals surface area contributed by atoms with Crippen LogP contribution in [0, 0.1) is 5.41 Å². The van der Waals surface area contributed by atoms with Crippen LogP contribution < -0.4 is 10.6 Å². The Kier molecular flexibility index (Phi) is 8.41. The predicted octanol–water partition coefficient (Wildman–Crippen LogP) is 3.50. The summed E-state index contributed by atoms with van der Waals surface area (Å²) < 4.78 is 7.12. The normalized spacial score (nSPS) is 12.9. The third-order valence-electron chi connectivity index (χ3n) is 5.65. The van der Waals surface area contributed by atoms with Gasteiger partial charge in [0.2, 0.25) is 11.8 Å². The third-order valence-corrected chi connectivity index (χ3v) is 5.65. The summed E-state index contributed by atoms with van der Waals surface area (Å²) >= 11 is 0. The van der Waals surface area contributed by atoms with Crippen molar-refractivity contribution in [2.45, 2.75) is 45.9 Å². The van der Waals surface area contributed by atoms with Crippen LogP contribution in [0.4, 0.5) is 0 Å². The van der Waals surface area contributed by atoms with E-state index in [0.29, 0.717) is 0 Å². The Bertz CT molecular complexity index is 1140. The first-order chi connectivity index (χ1) is 16.7. The molecule has 184 valence electrons.